The van der Waals surface area contributed by atoms with E-state index in [0.29, 0.717) is 0 Å². The Morgan fingerprint density at radius 2 is 2.11 bits per heavy atom. The minimum Gasteiger partial charge on any atom is -0.379 e. The fourth-order valence-electron chi connectivity index (χ4n) is 2.04. The Labute approximate surface area is 107 Å². The van der Waals surface area contributed by atoms with Crippen LogP contribution in [-0.2, 0) is 11.3 Å². The van der Waals surface area contributed by atoms with Crippen LogP contribution in [-0.4, -0.2) is 23.6 Å². The molecule has 0 N–H and O–H groups in total. The van der Waals surface area contributed by atoms with Gasteiger partial charge in [-0.15, -0.1) is 0 Å². The Balaban J connectivity index is 2.28. The lowest BCUT2D eigenvalue weighted by molar-refractivity contribution is 0.0123. The van der Waals surface area contributed by atoms with Gasteiger partial charge in [-0.1, -0.05) is 12.1 Å². The van der Waals surface area contributed by atoms with Crippen molar-refractivity contribution in [2.75, 3.05) is 7.11 Å². The number of benzene rings is 1. The summed E-state index contributed by atoms with van der Waals surface area (Å²) in [5.41, 5.74) is 1.72. The molecule has 0 spiro atoms. The molecule has 1 aromatic heterocycles. The molecule has 18 heavy (non-hydrogen) atoms. The number of hydrogen-bond donors (Lipinski definition) is 0. The first kappa shape index (κ1) is 12.8. The summed E-state index contributed by atoms with van der Waals surface area (Å²) in [5.74, 6) is 0. The molecule has 1 aromatic carbocycles. The molecule has 2 aromatic rings. The van der Waals surface area contributed by atoms with Gasteiger partial charge in [-0.3, -0.25) is 4.79 Å². The summed E-state index contributed by atoms with van der Waals surface area (Å²) in [5, 5.41) is 1.02. The predicted octanol–water partition coefficient (Wildman–Crippen LogP) is 3.27. The molecule has 0 radical (unpaired) electrons. The molecule has 3 nitrogen and oxygen atoms in total. The van der Waals surface area contributed by atoms with E-state index < -0.39 is 0 Å². The number of methoxy groups -OCH3 is 1. The van der Waals surface area contributed by atoms with Gasteiger partial charge >= 0.3 is 0 Å². The number of aldehydes is 1. The average molecular weight is 245 g/mol. The summed E-state index contributed by atoms with van der Waals surface area (Å²) in [6, 6.07) is 7.81. The van der Waals surface area contributed by atoms with Crippen LogP contribution in [0.15, 0.2) is 30.5 Å². The summed E-state index contributed by atoms with van der Waals surface area (Å²) in [6.45, 7) is 5.04. The van der Waals surface area contributed by atoms with Crippen molar-refractivity contribution in [1.29, 1.82) is 0 Å². The molecule has 96 valence electrons. The molecule has 0 atom stereocenters. The van der Waals surface area contributed by atoms with Gasteiger partial charge in [0, 0.05) is 36.3 Å². The maximum atomic E-state index is 11.0. The van der Waals surface area contributed by atoms with Gasteiger partial charge in [-0.2, -0.15) is 0 Å². The molecule has 0 saturated heterocycles. The van der Waals surface area contributed by atoms with Gasteiger partial charge in [-0.25, -0.2) is 0 Å². The second-order valence-corrected chi connectivity index (χ2v) is 5.12. The van der Waals surface area contributed by atoms with Crippen LogP contribution in [0.4, 0.5) is 0 Å². The van der Waals surface area contributed by atoms with Crippen LogP contribution in [0, 0.1) is 0 Å². The summed E-state index contributed by atoms with van der Waals surface area (Å²) < 4.78 is 7.59. The number of hydrogen-bond acceptors (Lipinski definition) is 2. The standard InChI is InChI=1S/C15H19NO2/c1-15(2,18-3)8-10-16-9-7-13-12(11-17)5-4-6-14(13)16/h4-7,9,11H,8,10H2,1-3H3. The summed E-state index contributed by atoms with van der Waals surface area (Å²) in [4.78, 5) is 11.0. The fourth-order valence-corrected chi connectivity index (χ4v) is 2.04. The summed E-state index contributed by atoms with van der Waals surface area (Å²) in [7, 11) is 1.73. The number of carbonyl (C=O) groups is 1. The lowest BCUT2D eigenvalue weighted by Crippen LogP contribution is -2.24. The second kappa shape index (κ2) is 4.94. The number of aromatic nitrogens is 1. The van der Waals surface area contributed by atoms with E-state index in [1.807, 2.05) is 30.5 Å². The van der Waals surface area contributed by atoms with Gasteiger partial charge in [0.05, 0.1) is 5.60 Å². The van der Waals surface area contributed by atoms with Gasteiger partial charge in [0.25, 0.3) is 0 Å². The Bertz CT molecular complexity index is 555. The van der Waals surface area contributed by atoms with E-state index in [2.05, 4.69) is 18.4 Å². The SMILES string of the molecule is COC(C)(C)CCn1ccc2c(C=O)cccc21. The van der Waals surface area contributed by atoms with Crippen LogP contribution in [0.5, 0.6) is 0 Å². The molecule has 0 unspecified atom stereocenters. The average Bonchev–Trinajstić information content (AvgIpc) is 2.79. The largest absolute Gasteiger partial charge is 0.379 e. The first-order valence-corrected chi connectivity index (χ1v) is 6.15. The maximum absolute atomic E-state index is 11.0. The van der Waals surface area contributed by atoms with Gasteiger partial charge in [-0.05, 0) is 32.4 Å². The molecule has 0 saturated carbocycles. The molecule has 3 heteroatoms. The smallest absolute Gasteiger partial charge is 0.150 e. The van der Waals surface area contributed by atoms with E-state index in [-0.39, 0.29) is 5.60 Å². The third-order valence-electron chi connectivity index (χ3n) is 3.48. The van der Waals surface area contributed by atoms with E-state index in [0.717, 1.165) is 35.7 Å². The molecule has 0 aliphatic rings. The zero-order valence-corrected chi connectivity index (χ0v) is 11.1. The van der Waals surface area contributed by atoms with Crippen LogP contribution in [0.2, 0.25) is 0 Å². The first-order valence-electron chi connectivity index (χ1n) is 6.15. The van der Waals surface area contributed by atoms with Crippen LogP contribution in [0.1, 0.15) is 30.6 Å². The van der Waals surface area contributed by atoms with E-state index in [4.69, 9.17) is 4.74 Å². The van der Waals surface area contributed by atoms with Gasteiger partial charge < -0.3 is 9.30 Å². The van der Waals surface area contributed by atoms with Crippen molar-refractivity contribution in [3.05, 3.63) is 36.0 Å². The Morgan fingerprint density at radius 1 is 1.33 bits per heavy atom. The van der Waals surface area contributed by atoms with E-state index in [1.165, 1.54) is 0 Å². The van der Waals surface area contributed by atoms with E-state index in [1.54, 1.807) is 7.11 Å². The highest BCUT2D eigenvalue weighted by Crippen LogP contribution is 2.21. The number of aryl methyl sites for hydroxylation is 1. The lowest BCUT2D eigenvalue weighted by atomic mass is 10.1. The minimum absolute atomic E-state index is 0.126. The molecule has 1 heterocycles. The molecule has 0 bridgehead atoms. The normalized spacial score (nSPS) is 11.9. The van der Waals surface area contributed by atoms with Crippen LogP contribution < -0.4 is 0 Å². The van der Waals surface area contributed by atoms with Crippen molar-refractivity contribution >= 4 is 17.2 Å². The number of ether oxygens (including phenoxy) is 1. The van der Waals surface area contributed by atoms with Crippen molar-refractivity contribution in [2.24, 2.45) is 0 Å². The molecule has 2 rings (SSSR count). The van der Waals surface area contributed by atoms with Crippen molar-refractivity contribution in [3.63, 3.8) is 0 Å². The highest BCUT2D eigenvalue weighted by Gasteiger charge is 2.16. The van der Waals surface area contributed by atoms with Crippen LogP contribution in [0.3, 0.4) is 0 Å². The van der Waals surface area contributed by atoms with Crippen molar-refractivity contribution in [1.82, 2.24) is 4.57 Å². The quantitative estimate of drug-likeness (QED) is 0.757. The van der Waals surface area contributed by atoms with Crippen molar-refractivity contribution < 1.29 is 9.53 Å². The van der Waals surface area contributed by atoms with Crippen molar-refractivity contribution in [2.45, 2.75) is 32.4 Å². The first-order chi connectivity index (χ1) is 8.57. The van der Waals surface area contributed by atoms with Gasteiger partial charge in [0.2, 0.25) is 0 Å². The van der Waals surface area contributed by atoms with Crippen LogP contribution in [0.25, 0.3) is 10.9 Å². The molecular formula is C15H19NO2. The Hall–Kier alpha value is -1.61. The van der Waals surface area contributed by atoms with Gasteiger partial charge in [0.1, 0.15) is 0 Å². The fraction of sp³-hybridized carbons (Fsp3) is 0.400. The predicted molar refractivity (Wildman–Crippen MR) is 73.0 cm³/mol. The molecule has 0 amide bonds. The monoisotopic (exact) mass is 245 g/mol. The third kappa shape index (κ3) is 2.46. The molecular weight excluding hydrogens is 226 g/mol. The minimum atomic E-state index is -0.126. The Kier molecular flexibility index (Phi) is 3.53. The highest BCUT2D eigenvalue weighted by atomic mass is 16.5. The second-order valence-electron chi connectivity index (χ2n) is 5.12. The van der Waals surface area contributed by atoms with E-state index >= 15 is 0 Å². The maximum Gasteiger partial charge on any atom is 0.150 e. The van der Waals surface area contributed by atoms with E-state index in [9.17, 15) is 4.79 Å². The number of carbonyl (C=O) groups excluding carboxylic acids is 1. The number of rotatable bonds is 5. The zero-order chi connectivity index (χ0) is 13.2. The van der Waals surface area contributed by atoms with Crippen LogP contribution >= 0.6 is 0 Å². The highest BCUT2D eigenvalue weighted by molar-refractivity contribution is 5.97. The number of nitrogens with zero attached hydrogens (tertiary/aromatic N) is 1. The Morgan fingerprint density at radius 3 is 2.78 bits per heavy atom. The lowest BCUT2D eigenvalue weighted by Gasteiger charge is -2.23. The topological polar surface area (TPSA) is 31.2 Å². The summed E-state index contributed by atoms with van der Waals surface area (Å²) >= 11 is 0. The molecule has 0 fully saturated rings. The van der Waals surface area contributed by atoms with Gasteiger partial charge in [0.15, 0.2) is 6.29 Å². The molecule has 0 aliphatic carbocycles. The zero-order valence-electron chi connectivity index (χ0n) is 11.1. The molecule has 0 aliphatic heterocycles. The number of fused-ring (bicyclic) bond motifs is 1. The third-order valence-corrected chi connectivity index (χ3v) is 3.48. The van der Waals surface area contributed by atoms with Crippen molar-refractivity contribution in [3.8, 4) is 0 Å². The summed E-state index contributed by atoms with van der Waals surface area (Å²) in [6.07, 6.45) is 3.87.